The van der Waals surface area contributed by atoms with Gasteiger partial charge in [0.25, 0.3) is 0 Å². The minimum absolute atomic E-state index is 0. The van der Waals surface area contributed by atoms with Gasteiger partial charge in [-0.25, -0.2) is 8.98 Å². The summed E-state index contributed by atoms with van der Waals surface area (Å²) < 4.78 is 50.9. The molecule has 0 radical (unpaired) electrons. The Morgan fingerprint density at radius 1 is 1.25 bits per heavy atom. The van der Waals surface area contributed by atoms with Crippen LogP contribution in [0.25, 0.3) is 11.0 Å². The van der Waals surface area contributed by atoms with Crippen LogP contribution in [0.1, 0.15) is 12.5 Å². The molecule has 1 aromatic carbocycles. The molecule has 5 atom stereocenters. The van der Waals surface area contributed by atoms with Crippen LogP contribution in [0.5, 0.6) is 5.75 Å². The van der Waals surface area contributed by atoms with Gasteiger partial charge in [0.2, 0.25) is 6.29 Å². The van der Waals surface area contributed by atoms with Crippen LogP contribution in [0.15, 0.2) is 38.5 Å². The predicted octanol–water partition coefficient (Wildman–Crippen LogP) is -4.10. The van der Waals surface area contributed by atoms with Crippen LogP contribution in [0.2, 0.25) is 0 Å². The van der Waals surface area contributed by atoms with Crippen molar-refractivity contribution in [2.24, 2.45) is 4.99 Å². The number of benzene rings is 1. The average molecular weight is 481 g/mol. The van der Waals surface area contributed by atoms with Gasteiger partial charge in [0.1, 0.15) is 35.7 Å². The molecule has 0 unspecified atom stereocenters. The predicted molar refractivity (Wildman–Crippen MR) is 103 cm³/mol. The van der Waals surface area contributed by atoms with E-state index in [4.69, 9.17) is 18.4 Å². The number of aliphatic hydroxyl groups excluding tert-OH is 2. The third-order valence-electron chi connectivity index (χ3n) is 4.56. The van der Waals surface area contributed by atoms with Gasteiger partial charge in [-0.3, -0.25) is 9.55 Å². The molecule has 0 bridgehead atoms. The fraction of sp³-hybridized carbons (Fsp3) is 0.444. The molecule has 14 heteroatoms. The van der Waals surface area contributed by atoms with Crippen molar-refractivity contribution in [3.8, 4) is 5.75 Å². The van der Waals surface area contributed by atoms with Gasteiger partial charge < -0.3 is 29.2 Å². The van der Waals surface area contributed by atoms with E-state index < -0.39 is 59.2 Å². The van der Waals surface area contributed by atoms with Crippen molar-refractivity contribution in [2.75, 3.05) is 6.61 Å². The molecule has 0 spiro atoms. The summed E-state index contributed by atoms with van der Waals surface area (Å²) >= 11 is 0. The van der Waals surface area contributed by atoms with Crippen LogP contribution in [-0.2, 0) is 19.3 Å². The molecule has 1 aliphatic heterocycles. The molecule has 1 saturated heterocycles. The van der Waals surface area contributed by atoms with Gasteiger partial charge >= 0.3 is 45.6 Å². The van der Waals surface area contributed by atoms with Crippen LogP contribution in [0.4, 0.5) is 0 Å². The second kappa shape index (κ2) is 10.6. The van der Waals surface area contributed by atoms with E-state index in [1.807, 2.05) is 0 Å². The number of hydrogen-bond acceptors (Lipinski definition) is 11. The van der Waals surface area contributed by atoms with Crippen LogP contribution < -0.4 is 45.0 Å². The first-order chi connectivity index (χ1) is 14.4. The second-order valence-electron chi connectivity index (χ2n) is 6.90. The molecule has 2 heterocycles. The molecular weight excluding hydrogens is 461 g/mol. The minimum atomic E-state index is -4.84. The normalized spacial score (nSPS) is 26.5. The molecule has 3 rings (SSSR count). The maximum atomic E-state index is 11.6. The van der Waals surface area contributed by atoms with Crippen molar-refractivity contribution in [3.63, 3.8) is 0 Å². The average Bonchev–Trinajstić information content (AvgIpc) is 2.65. The number of nitrogens with zero attached hydrogens (tertiary/aromatic N) is 1. The van der Waals surface area contributed by atoms with E-state index >= 15 is 0 Å². The molecule has 1 fully saturated rings. The van der Waals surface area contributed by atoms with E-state index in [9.17, 15) is 28.5 Å². The van der Waals surface area contributed by atoms with E-state index in [-0.39, 0.29) is 40.9 Å². The van der Waals surface area contributed by atoms with Gasteiger partial charge in [-0.2, -0.15) is 8.42 Å². The summed E-state index contributed by atoms with van der Waals surface area (Å²) in [5.74, 6) is -0.561. The Kier molecular flexibility index (Phi) is 8.83. The maximum Gasteiger partial charge on any atom is 1.00 e. The number of aliphatic hydroxyl groups is 2. The smallest absolute Gasteiger partial charge is 0.862 e. The maximum absolute atomic E-state index is 11.6. The Hall–Kier alpha value is -1.55. The summed E-state index contributed by atoms with van der Waals surface area (Å²) in [6, 6.07) is 4.48. The Bertz CT molecular complexity index is 1150. The number of fused-ring (bicyclic) bond motifs is 1. The summed E-state index contributed by atoms with van der Waals surface area (Å²) in [6.45, 7) is 2.01. The third-order valence-corrected chi connectivity index (χ3v) is 4.99. The fourth-order valence-electron chi connectivity index (χ4n) is 3.16. The van der Waals surface area contributed by atoms with E-state index in [2.05, 4.69) is 9.18 Å². The van der Waals surface area contributed by atoms with Crippen molar-refractivity contribution >= 4 is 27.3 Å². The van der Waals surface area contributed by atoms with E-state index in [1.165, 1.54) is 18.2 Å². The summed E-state index contributed by atoms with van der Waals surface area (Å²) in [4.78, 5) is 15.3. The van der Waals surface area contributed by atoms with Gasteiger partial charge in [-0.15, -0.1) is 0 Å². The quantitative estimate of drug-likeness (QED) is 0.120. The van der Waals surface area contributed by atoms with Crippen molar-refractivity contribution in [1.29, 1.82) is 0 Å². The second-order valence-corrected chi connectivity index (χ2v) is 7.99. The zero-order valence-electron chi connectivity index (χ0n) is 17.4. The van der Waals surface area contributed by atoms with Crippen molar-refractivity contribution in [2.45, 2.75) is 44.5 Å². The first-order valence-electron chi connectivity index (χ1n) is 9.00. The number of hydrogen-bond donors (Lipinski definition) is 3. The van der Waals surface area contributed by atoms with Crippen molar-refractivity contribution in [3.05, 3.63) is 40.2 Å². The fourth-order valence-corrected chi connectivity index (χ4v) is 3.47. The molecular formula is C18H20NNaO11S. The Morgan fingerprint density at radius 2 is 1.94 bits per heavy atom. The van der Waals surface area contributed by atoms with Gasteiger partial charge in [-0.1, -0.05) is 0 Å². The number of aliphatic imine (C=N–C) groups is 1. The minimum Gasteiger partial charge on any atom is -0.862 e. The number of aryl methyl sites for hydroxylation is 1. The van der Waals surface area contributed by atoms with E-state index in [0.717, 1.165) is 6.92 Å². The van der Waals surface area contributed by atoms with Gasteiger partial charge in [0.15, 0.2) is 0 Å². The molecule has 0 saturated carbocycles. The number of rotatable bonds is 6. The summed E-state index contributed by atoms with van der Waals surface area (Å²) in [5.41, 5.74) is 0.323. The van der Waals surface area contributed by atoms with Crippen LogP contribution >= 0.6 is 0 Å². The van der Waals surface area contributed by atoms with Crippen molar-refractivity contribution in [1.82, 2.24) is 0 Å². The summed E-state index contributed by atoms with van der Waals surface area (Å²) in [7, 11) is -4.84. The summed E-state index contributed by atoms with van der Waals surface area (Å²) in [6.07, 6.45) is -6.28. The molecule has 1 aromatic heterocycles. The molecule has 12 nitrogen and oxygen atoms in total. The zero-order chi connectivity index (χ0) is 22.9. The Balaban J connectivity index is 0.00000363. The molecule has 32 heavy (non-hydrogen) atoms. The number of ether oxygens (including phenoxy) is 2. The summed E-state index contributed by atoms with van der Waals surface area (Å²) in [5, 5.41) is 32.7. The molecule has 1 aliphatic rings. The SMILES string of the molecule is CC([O-])=N[C@H]1[C@H](Oc2ccc3c(C)cc(=O)oc3c2)O[C@H](COS(=O)(=O)O)[C@@H](O)[C@@H]1O.[Na+]. The molecule has 0 aliphatic carbocycles. The standard InChI is InChI=1S/C18H21NO11S.Na/c1-8-5-14(21)29-12-6-10(3-4-11(8)12)28-18-15(19-9(2)20)17(23)16(22)13(30-18)7-27-31(24,25)26;/h3-6,13,15-18,22-23H,7H2,1-2H3,(H,19,20)(H,24,25,26);/q;+1/p-1/t13-,15-,16-,17-,18-;/m1./s1. The Labute approximate surface area is 204 Å². The van der Waals surface area contributed by atoms with Gasteiger partial charge in [0.05, 0.1) is 6.61 Å². The third kappa shape index (κ3) is 6.50. The largest absolute Gasteiger partial charge is 1.00 e. The topological polar surface area (TPSA) is 188 Å². The van der Waals surface area contributed by atoms with Crippen molar-refractivity contribution < 1.29 is 75.9 Å². The van der Waals surface area contributed by atoms with E-state index in [0.29, 0.717) is 10.9 Å². The zero-order valence-corrected chi connectivity index (χ0v) is 20.2. The first-order valence-corrected chi connectivity index (χ1v) is 10.4. The molecule has 0 amide bonds. The first kappa shape index (κ1) is 26.7. The van der Waals surface area contributed by atoms with Crippen LogP contribution in [-0.4, -0.2) is 66.3 Å². The van der Waals surface area contributed by atoms with Crippen LogP contribution in [0.3, 0.4) is 0 Å². The molecule has 3 N–H and O–H groups in total. The van der Waals surface area contributed by atoms with Gasteiger partial charge in [0, 0.05) is 17.5 Å². The van der Waals surface area contributed by atoms with Crippen LogP contribution in [0, 0.1) is 6.92 Å². The molecule has 170 valence electrons. The van der Waals surface area contributed by atoms with E-state index in [1.54, 1.807) is 13.0 Å². The van der Waals surface area contributed by atoms with Gasteiger partial charge in [-0.05, 0) is 37.4 Å². The monoisotopic (exact) mass is 481 g/mol. The molecule has 2 aromatic rings. The Morgan fingerprint density at radius 3 is 2.56 bits per heavy atom.